The van der Waals surface area contributed by atoms with E-state index in [4.69, 9.17) is 9.47 Å². The van der Waals surface area contributed by atoms with Crippen LogP contribution in [0.1, 0.15) is 37.5 Å². The molecule has 0 saturated heterocycles. The van der Waals surface area contributed by atoms with Crippen LogP contribution in [0.3, 0.4) is 0 Å². The molecule has 0 aromatic heterocycles. The number of rotatable bonds is 4. The van der Waals surface area contributed by atoms with Crippen molar-refractivity contribution in [1.29, 1.82) is 0 Å². The number of nitrogens with one attached hydrogen (secondary N) is 1. The smallest absolute Gasteiger partial charge is 0.256 e. The van der Waals surface area contributed by atoms with Crippen LogP contribution in [-0.4, -0.2) is 19.1 Å². The Labute approximate surface area is 183 Å². The van der Waals surface area contributed by atoms with Gasteiger partial charge in [-0.1, -0.05) is 75.4 Å². The van der Waals surface area contributed by atoms with Crippen molar-refractivity contribution in [3.8, 4) is 11.5 Å². The topological polar surface area (TPSA) is 47.6 Å². The Balaban J connectivity index is 1.64. The first-order valence-electron chi connectivity index (χ1n) is 10.5. The lowest BCUT2D eigenvalue weighted by Crippen LogP contribution is -2.17. The van der Waals surface area contributed by atoms with E-state index < -0.39 is 0 Å². The number of carbonyl (C=O) groups is 1. The first kappa shape index (κ1) is 20.7. The van der Waals surface area contributed by atoms with Crippen LogP contribution in [-0.2, 0) is 10.2 Å². The van der Waals surface area contributed by atoms with E-state index >= 15 is 0 Å². The molecule has 4 heteroatoms. The van der Waals surface area contributed by atoms with E-state index in [9.17, 15) is 4.79 Å². The Bertz CT molecular complexity index is 1090. The van der Waals surface area contributed by atoms with Crippen molar-refractivity contribution in [2.24, 2.45) is 0 Å². The van der Waals surface area contributed by atoms with Gasteiger partial charge in [-0.15, -0.1) is 0 Å². The lowest BCUT2D eigenvalue weighted by molar-refractivity contribution is -0.111. The Morgan fingerprint density at radius 1 is 0.871 bits per heavy atom. The molecule has 0 aliphatic carbocycles. The quantitative estimate of drug-likeness (QED) is 0.426. The maximum atomic E-state index is 13.3. The zero-order chi connectivity index (χ0) is 21.8. The Kier molecular flexibility index (Phi) is 5.81. The lowest BCUT2D eigenvalue weighted by Gasteiger charge is -2.19. The Hall–Kier alpha value is -3.53. The van der Waals surface area contributed by atoms with E-state index in [1.807, 2.05) is 48.5 Å². The normalized spacial score (nSPS) is 13.6. The molecule has 0 unspecified atom stereocenters. The molecule has 0 bridgehead atoms. The fourth-order valence-electron chi connectivity index (χ4n) is 3.46. The summed E-state index contributed by atoms with van der Waals surface area (Å²) >= 11 is 0. The van der Waals surface area contributed by atoms with Crippen LogP contribution in [0.2, 0.25) is 0 Å². The second-order valence-corrected chi connectivity index (χ2v) is 8.61. The summed E-state index contributed by atoms with van der Waals surface area (Å²) in [7, 11) is 0. The monoisotopic (exact) mass is 413 g/mol. The van der Waals surface area contributed by atoms with Gasteiger partial charge in [-0.25, -0.2) is 0 Å². The minimum absolute atomic E-state index is 0.0834. The maximum absolute atomic E-state index is 13.3. The van der Waals surface area contributed by atoms with Gasteiger partial charge < -0.3 is 14.8 Å². The van der Waals surface area contributed by atoms with Gasteiger partial charge >= 0.3 is 0 Å². The van der Waals surface area contributed by atoms with E-state index in [-0.39, 0.29) is 11.3 Å². The van der Waals surface area contributed by atoms with Crippen molar-refractivity contribution < 1.29 is 14.3 Å². The lowest BCUT2D eigenvalue weighted by atomic mass is 9.86. The van der Waals surface area contributed by atoms with Gasteiger partial charge in [0.05, 0.1) is 0 Å². The van der Waals surface area contributed by atoms with Gasteiger partial charge in [0.15, 0.2) is 11.5 Å². The summed E-state index contributed by atoms with van der Waals surface area (Å²) in [4.78, 5) is 13.3. The van der Waals surface area contributed by atoms with Crippen LogP contribution in [0.15, 0.2) is 72.8 Å². The molecular formula is C27H27NO3. The molecule has 1 aliphatic rings. The Morgan fingerprint density at radius 3 is 2.23 bits per heavy atom. The SMILES string of the molecule is CC(C)(C)c1ccc(C=C(C(=O)Nc2ccc3c(c2)OCCO3)c2ccccc2)cc1. The number of carbonyl (C=O) groups excluding carboxylic acids is 1. The third-order valence-electron chi connectivity index (χ3n) is 5.22. The van der Waals surface area contributed by atoms with E-state index in [1.165, 1.54) is 5.56 Å². The van der Waals surface area contributed by atoms with E-state index in [1.54, 1.807) is 6.07 Å². The average Bonchev–Trinajstić information content (AvgIpc) is 2.77. The molecule has 1 amide bonds. The highest BCUT2D eigenvalue weighted by atomic mass is 16.6. The molecule has 0 saturated carbocycles. The molecule has 158 valence electrons. The Morgan fingerprint density at radius 2 is 1.55 bits per heavy atom. The van der Waals surface area contributed by atoms with E-state index in [0.717, 1.165) is 11.1 Å². The molecule has 4 rings (SSSR count). The molecule has 31 heavy (non-hydrogen) atoms. The van der Waals surface area contributed by atoms with Gasteiger partial charge in [0.25, 0.3) is 5.91 Å². The van der Waals surface area contributed by atoms with E-state index in [2.05, 4.69) is 50.4 Å². The number of ether oxygens (including phenoxy) is 2. The third-order valence-corrected chi connectivity index (χ3v) is 5.22. The molecule has 1 N–H and O–H groups in total. The van der Waals surface area contributed by atoms with Gasteiger partial charge in [-0.3, -0.25) is 4.79 Å². The van der Waals surface area contributed by atoms with Crippen LogP contribution in [0.5, 0.6) is 11.5 Å². The number of anilines is 1. The number of fused-ring (bicyclic) bond motifs is 1. The van der Waals surface area contributed by atoms with Crippen LogP contribution in [0, 0.1) is 0 Å². The van der Waals surface area contributed by atoms with Gasteiger partial charge in [-0.2, -0.15) is 0 Å². The predicted octanol–water partition coefficient (Wildman–Crippen LogP) is 5.93. The molecule has 0 radical (unpaired) electrons. The van der Waals surface area contributed by atoms with Gasteiger partial charge in [0, 0.05) is 17.3 Å². The van der Waals surface area contributed by atoms with Crippen molar-refractivity contribution in [2.45, 2.75) is 26.2 Å². The largest absolute Gasteiger partial charge is 0.486 e. The summed E-state index contributed by atoms with van der Waals surface area (Å²) in [6, 6.07) is 23.5. The van der Waals surface area contributed by atoms with Crippen molar-refractivity contribution in [1.82, 2.24) is 0 Å². The molecule has 3 aromatic carbocycles. The summed E-state index contributed by atoms with van der Waals surface area (Å²) in [6.07, 6.45) is 1.93. The maximum Gasteiger partial charge on any atom is 0.256 e. The summed E-state index contributed by atoms with van der Waals surface area (Å²) < 4.78 is 11.2. The molecule has 0 spiro atoms. The molecule has 1 aliphatic heterocycles. The van der Waals surface area contributed by atoms with Crippen LogP contribution in [0.4, 0.5) is 5.69 Å². The molecule has 4 nitrogen and oxygen atoms in total. The molecule has 3 aromatic rings. The van der Waals surface area contributed by atoms with Crippen molar-refractivity contribution in [3.63, 3.8) is 0 Å². The minimum Gasteiger partial charge on any atom is -0.486 e. The van der Waals surface area contributed by atoms with Gasteiger partial charge in [0.1, 0.15) is 13.2 Å². The second-order valence-electron chi connectivity index (χ2n) is 8.61. The first-order valence-corrected chi connectivity index (χ1v) is 10.5. The highest BCUT2D eigenvalue weighted by Crippen LogP contribution is 2.33. The van der Waals surface area contributed by atoms with Crippen molar-refractivity contribution in [2.75, 3.05) is 18.5 Å². The standard InChI is InChI=1S/C27H27NO3/c1-27(2,3)21-11-9-19(10-12-21)17-23(20-7-5-4-6-8-20)26(29)28-22-13-14-24-25(18-22)31-16-15-30-24/h4-14,17-18H,15-16H2,1-3H3,(H,28,29). The highest BCUT2D eigenvalue weighted by molar-refractivity contribution is 6.29. The summed E-state index contributed by atoms with van der Waals surface area (Å²) in [5.41, 5.74) is 4.44. The molecule has 0 atom stereocenters. The first-order chi connectivity index (χ1) is 14.9. The number of amides is 1. The van der Waals surface area contributed by atoms with Crippen molar-refractivity contribution >= 4 is 23.2 Å². The van der Waals surface area contributed by atoms with Crippen LogP contribution >= 0.6 is 0 Å². The molecule has 0 fully saturated rings. The highest BCUT2D eigenvalue weighted by Gasteiger charge is 2.17. The zero-order valence-corrected chi connectivity index (χ0v) is 18.1. The molecule has 1 heterocycles. The number of hydrogen-bond donors (Lipinski definition) is 1. The molecular weight excluding hydrogens is 386 g/mol. The van der Waals surface area contributed by atoms with E-state index in [0.29, 0.717) is 36.0 Å². The summed E-state index contributed by atoms with van der Waals surface area (Å²) in [5.74, 6) is 1.16. The van der Waals surface area contributed by atoms with Crippen molar-refractivity contribution in [3.05, 3.63) is 89.5 Å². The van der Waals surface area contributed by atoms with Gasteiger partial charge in [-0.05, 0) is 40.3 Å². The predicted molar refractivity (Wildman–Crippen MR) is 126 cm³/mol. The van der Waals surface area contributed by atoms with Gasteiger partial charge in [0.2, 0.25) is 0 Å². The summed E-state index contributed by atoms with van der Waals surface area (Å²) in [6.45, 7) is 7.60. The summed E-state index contributed by atoms with van der Waals surface area (Å²) in [5, 5.41) is 3.00. The fraction of sp³-hybridized carbons (Fsp3) is 0.222. The van der Waals surface area contributed by atoms with Crippen LogP contribution < -0.4 is 14.8 Å². The third kappa shape index (κ3) is 4.97. The number of benzene rings is 3. The minimum atomic E-state index is -0.178. The zero-order valence-electron chi connectivity index (χ0n) is 18.1. The second kappa shape index (κ2) is 8.68. The van der Waals surface area contributed by atoms with Crippen LogP contribution in [0.25, 0.3) is 11.6 Å². The number of hydrogen-bond acceptors (Lipinski definition) is 3. The fourth-order valence-corrected chi connectivity index (χ4v) is 3.46. The average molecular weight is 414 g/mol.